The van der Waals surface area contributed by atoms with Crippen molar-refractivity contribution in [1.29, 1.82) is 0 Å². The van der Waals surface area contributed by atoms with Crippen molar-refractivity contribution >= 4 is 91.7 Å². The summed E-state index contributed by atoms with van der Waals surface area (Å²) < 4.78 is 3.98. The maximum atomic E-state index is 16.1. The Balaban J connectivity index is 1.30. The van der Waals surface area contributed by atoms with Crippen LogP contribution in [0.2, 0.25) is 0 Å². The van der Waals surface area contributed by atoms with Gasteiger partial charge < -0.3 is 0 Å². The summed E-state index contributed by atoms with van der Waals surface area (Å²) in [5.74, 6) is 1.02. The van der Waals surface area contributed by atoms with Crippen molar-refractivity contribution in [2.75, 3.05) is 0 Å². The van der Waals surface area contributed by atoms with Gasteiger partial charge in [-0.05, 0) is 31.3 Å². The number of carbonyl (C=O) groups excluding carboxylic acids is 2. The minimum atomic E-state index is -2.57. The van der Waals surface area contributed by atoms with Crippen molar-refractivity contribution in [2.24, 2.45) is 11.8 Å². The molecule has 0 bridgehead atoms. The molecule has 2 aliphatic carbocycles. The average Bonchev–Trinajstić information content (AvgIpc) is 4.32. The van der Waals surface area contributed by atoms with E-state index in [0.717, 1.165) is 110 Å². The Bertz CT molecular complexity index is 3180. The maximum absolute atomic E-state index is 16.1. The zero-order valence-corrected chi connectivity index (χ0v) is 50.6. The number of thiophene rings is 4. The van der Waals surface area contributed by atoms with E-state index in [2.05, 4.69) is 179 Å². The Morgan fingerprint density at radius 1 is 0.608 bits per heavy atom. The van der Waals surface area contributed by atoms with E-state index in [1.807, 2.05) is 24.9 Å². The van der Waals surface area contributed by atoms with Crippen LogP contribution in [0.1, 0.15) is 164 Å². The van der Waals surface area contributed by atoms with E-state index in [1.54, 1.807) is 45.3 Å². The molecule has 4 heterocycles. The molecule has 7 aromatic rings. The number of rotatable bonds is 21. The van der Waals surface area contributed by atoms with Crippen LogP contribution in [0.5, 0.6) is 0 Å². The first kappa shape index (κ1) is 54.4. The molecule has 3 aromatic carbocycles. The molecule has 381 valence electrons. The number of unbranched alkanes of at least 4 members (excludes halogenated alkanes) is 2. The number of carbonyl (C=O) groups is 2. The van der Waals surface area contributed by atoms with Crippen LogP contribution < -0.4 is 15.9 Å². The van der Waals surface area contributed by atoms with Gasteiger partial charge in [0.2, 0.25) is 0 Å². The van der Waals surface area contributed by atoms with Gasteiger partial charge in [0.05, 0.1) is 0 Å². The van der Waals surface area contributed by atoms with Crippen molar-refractivity contribution in [3.8, 4) is 23.9 Å². The SMILES string of the molecule is CC=C1CCCC1=CC(=C([C]#[Os])[P+](c1ccccc1)(c1ccccc1)c1ccccc1)c1ccc(-c2sc(-c3ccc(/C=C/C)s3)c3c2C(=O)c2c(CC(CC)CCCC)sc(CC(CC)CCCC)c2C3=O)s1. The van der Waals surface area contributed by atoms with Gasteiger partial charge in [0.25, 0.3) is 0 Å². The minimum absolute atomic E-state index is 0.0394. The van der Waals surface area contributed by atoms with Gasteiger partial charge in [-0.1, -0.05) is 85.1 Å². The summed E-state index contributed by atoms with van der Waals surface area (Å²) in [6, 6.07) is 42.2. The van der Waals surface area contributed by atoms with E-state index >= 15 is 9.59 Å². The molecule has 0 spiro atoms. The zero-order valence-electron chi connectivity index (χ0n) is 43.9. The Morgan fingerprint density at radius 2 is 1.11 bits per heavy atom. The summed E-state index contributed by atoms with van der Waals surface area (Å²) >= 11 is 8.73. The third-order valence-electron chi connectivity index (χ3n) is 15.3. The molecule has 4 aromatic heterocycles. The molecule has 74 heavy (non-hydrogen) atoms. The fourth-order valence-electron chi connectivity index (χ4n) is 11.3. The Kier molecular flexibility index (Phi) is 18.5. The molecule has 1 saturated carbocycles. The molecular formula is C66H69O2OsPS4+. The van der Waals surface area contributed by atoms with Gasteiger partial charge in [-0.2, -0.15) is 0 Å². The van der Waals surface area contributed by atoms with Gasteiger partial charge in [-0.25, -0.2) is 0 Å². The van der Waals surface area contributed by atoms with Gasteiger partial charge in [0.15, 0.2) is 0 Å². The summed E-state index contributed by atoms with van der Waals surface area (Å²) in [6.07, 6.45) is 22.9. The molecule has 0 saturated heterocycles. The molecular weight excluding hydrogens is 1170 g/mol. The molecule has 0 radical (unpaired) electrons. The fraction of sp³-hybridized carbons (Fsp3) is 0.318. The number of ketones is 2. The van der Waals surface area contributed by atoms with Crippen molar-refractivity contribution in [3.63, 3.8) is 0 Å². The second-order valence-electron chi connectivity index (χ2n) is 19.8. The van der Waals surface area contributed by atoms with E-state index in [1.165, 1.54) is 50.8 Å². The Labute approximate surface area is 467 Å². The summed E-state index contributed by atoms with van der Waals surface area (Å²) in [6.45, 7) is 13.3. The number of hydrogen-bond acceptors (Lipinski definition) is 6. The quantitative estimate of drug-likeness (QED) is 0.0672. The molecule has 8 heteroatoms. The molecule has 0 amide bonds. The first-order valence-corrected chi connectivity index (χ1v) is 33.3. The standard InChI is InChI=1S/C66H69O2PS4.Os/c1-8-14-27-45(11-4)41-57-59-60(58(72-57)42-46(12-5)28-15-9-2)64(68)62-61(63(59)67)65(55-38-37-52(70-55)26-10-3)73-66(62)56-40-39-54(71-56)53(43-48-30-25-29-47(48)13-6)44(7)69(49-31-19-16-20-32-49,50-33-21-17-22-34-50)51-35-23-18-24-36-51;/h10,13,16-24,26,31-40,43,45-46H,8-9,11-12,14-15,25,27-30,41-42H2,1-6H3;/q+1;/b26-10+,47-13?,48-43?,53-44?;. The van der Waals surface area contributed by atoms with E-state index in [0.29, 0.717) is 34.1 Å². The van der Waals surface area contributed by atoms with Crippen molar-refractivity contribution in [3.05, 3.63) is 192 Å². The normalized spacial score (nSPS) is 16.0. The molecule has 2 unspecified atom stereocenters. The monoisotopic (exact) mass is 1240 g/mol. The molecule has 1 fully saturated rings. The summed E-state index contributed by atoms with van der Waals surface area (Å²) in [7, 11) is -2.57. The number of allylic oxidation sites excluding steroid dienone is 7. The molecule has 0 N–H and O–H groups in total. The summed E-state index contributed by atoms with van der Waals surface area (Å²) in [5, 5.41) is 5.05. The third-order valence-corrected chi connectivity index (χ3v) is 25.6. The van der Waals surface area contributed by atoms with Crippen LogP contribution in [-0.2, 0) is 30.8 Å². The summed E-state index contributed by atoms with van der Waals surface area (Å²) in [4.78, 5) is 40.4. The Morgan fingerprint density at radius 3 is 1.58 bits per heavy atom. The summed E-state index contributed by atoms with van der Waals surface area (Å²) in [5.41, 5.74) is 6.60. The molecule has 2 atom stereocenters. The topological polar surface area (TPSA) is 34.1 Å². The van der Waals surface area contributed by atoms with Crippen LogP contribution in [0.25, 0.3) is 31.2 Å². The number of hydrogen-bond donors (Lipinski definition) is 0. The number of fused-ring (bicyclic) bond motifs is 2. The van der Waals surface area contributed by atoms with Crippen molar-refractivity contribution in [1.82, 2.24) is 0 Å². The Hall–Kier alpha value is -4.39. The van der Waals surface area contributed by atoms with Crippen LogP contribution in [0, 0.1) is 16.2 Å². The van der Waals surface area contributed by atoms with E-state index < -0.39 is 7.26 Å². The van der Waals surface area contributed by atoms with Gasteiger partial charge in [-0.15, -0.1) is 0 Å². The van der Waals surface area contributed by atoms with Gasteiger partial charge in [0.1, 0.15) is 0 Å². The van der Waals surface area contributed by atoms with Gasteiger partial charge in [0, 0.05) is 0 Å². The fourth-order valence-corrected chi connectivity index (χ4v) is 22.2. The third kappa shape index (κ3) is 10.8. The molecule has 2 aliphatic rings. The van der Waals surface area contributed by atoms with Crippen molar-refractivity contribution in [2.45, 2.75) is 125 Å². The van der Waals surface area contributed by atoms with Crippen LogP contribution in [0.15, 0.2) is 150 Å². The predicted molar refractivity (Wildman–Crippen MR) is 323 cm³/mol. The van der Waals surface area contributed by atoms with Gasteiger partial charge >= 0.3 is 355 Å². The average molecular weight is 1240 g/mol. The van der Waals surface area contributed by atoms with Crippen LogP contribution in [0.3, 0.4) is 0 Å². The van der Waals surface area contributed by atoms with Crippen LogP contribution in [0.4, 0.5) is 0 Å². The van der Waals surface area contributed by atoms with Crippen LogP contribution in [-0.4, -0.2) is 11.6 Å². The second kappa shape index (κ2) is 25.2. The van der Waals surface area contributed by atoms with Gasteiger partial charge in [-0.3, -0.25) is 0 Å². The van der Waals surface area contributed by atoms with Crippen LogP contribution >= 0.6 is 52.6 Å². The first-order chi connectivity index (χ1) is 36.2. The van der Waals surface area contributed by atoms with E-state index in [9.17, 15) is 0 Å². The first-order valence-electron chi connectivity index (χ1n) is 27.0. The van der Waals surface area contributed by atoms with E-state index in [4.69, 9.17) is 0 Å². The molecule has 9 rings (SSSR count). The predicted octanol–water partition coefficient (Wildman–Crippen LogP) is 18.9. The molecule has 2 nitrogen and oxygen atoms in total. The zero-order chi connectivity index (χ0) is 51.8. The van der Waals surface area contributed by atoms with Crippen molar-refractivity contribution < 1.29 is 27.5 Å². The molecule has 0 aliphatic heterocycles. The number of benzene rings is 3. The second-order valence-corrected chi connectivity index (χ2v) is 28.2. The van der Waals surface area contributed by atoms with E-state index in [-0.39, 0.29) is 11.6 Å².